The van der Waals surface area contributed by atoms with Crippen LogP contribution in [-0.2, 0) is 6.61 Å². The number of aromatic nitrogens is 1. The lowest BCUT2D eigenvalue weighted by molar-refractivity contribution is 0.299. The second-order valence-corrected chi connectivity index (χ2v) is 5.49. The van der Waals surface area contributed by atoms with Gasteiger partial charge in [0.05, 0.1) is 5.69 Å². The van der Waals surface area contributed by atoms with E-state index in [1.165, 1.54) is 0 Å². The third kappa shape index (κ3) is 3.78. The van der Waals surface area contributed by atoms with Crippen LogP contribution in [0.15, 0.2) is 41.0 Å². The molecule has 0 unspecified atom stereocenters. The number of nitrogens with two attached hydrogens (primary N) is 1. The van der Waals surface area contributed by atoms with E-state index in [1.807, 2.05) is 38.1 Å². The van der Waals surface area contributed by atoms with Gasteiger partial charge in [-0.2, -0.15) is 0 Å². The molecule has 0 radical (unpaired) electrons. The number of halogens is 1. The average molecular weight is 321 g/mol. The molecule has 100 valence electrons. The molecule has 2 rings (SSSR count). The molecule has 1 aromatic carbocycles. The Morgan fingerprint density at radius 1 is 1.32 bits per heavy atom. The summed E-state index contributed by atoms with van der Waals surface area (Å²) >= 11 is 3.36. The molecule has 3 nitrogen and oxygen atoms in total. The van der Waals surface area contributed by atoms with E-state index in [0.29, 0.717) is 6.61 Å². The normalized spacial score (nSPS) is 12.2. The molecular weight excluding hydrogens is 304 g/mol. The zero-order valence-electron chi connectivity index (χ0n) is 11.1. The number of pyridine rings is 1. The molecule has 1 atom stereocenters. The number of benzene rings is 1. The van der Waals surface area contributed by atoms with E-state index in [-0.39, 0.29) is 6.04 Å². The molecule has 0 aliphatic rings. The van der Waals surface area contributed by atoms with Crippen molar-refractivity contribution in [2.24, 2.45) is 5.73 Å². The van der Waals surface area contributed by atoms with Crippen LogP contribution in [0.5, 0.6) is 5.75 Å². The fourth-order valence-electron chi connectivity index (χ4n) is 1.76. The van der Waals surface area contributed by atoms with Crippen molar-refractivity contribution in [3.8, 4) is 5.75 Å². The number of rotatable bonds is 4. The largest absolute Gasteiger partial charge is 0.487 e. The highest BCUT2D eigenvalue weighted by atomic mass is 79.9. The summed E-state index contributed by atoms with van der Waals surface area (Å²) in [6.07, 6.45) is 1.77. The predicted molar refractivity (Wildman–Crippen MR) is 80.1 cm³/mol. The minimum atomic E-state index is 0.0425. The molecule has 1 heterocycles. The Morgan fingerprint density at radius 3 is 2.68 bits per heavy atom. The Bertz CT molecular complexity index is 553. The van der Waals surface area contributed by atoms with Gasteiger partial charge < -0.3 is 10.5 Å². The number of aryl methyl sites for hydroxylation is 1. The molecule has 19 heavy (non-hydrogen) atoms. The second-order valence-electron chi connectivity index (χ2n) is 4.57. The van der Waals surface area contributed by atoms with Crippen LogP contribution in [0.4, 0.5) is 0 Å². The van der Waals surface area contributed by atoms with Crippen molar-refractivity contribution >= 4 is 15.9 Å². The summed E-state index contributed by atoms with van der Waals surface area (Å²) in [6.45, 7) is 4.46. The van der Waals surface area contributed by atoms with E-state index in [4.69, 9.17) is 10.5 Å². The van der Waals surface area contributed by atoms with Crippen LogP contribution in [0.25, 0.3) is 0 Å². The van der Waals surface area contributed by atoms with Crippen LogP contribution < -0.4 is 10.5 Å². The van der Waals surface area contributed by atoms with Crippen molar-refractivity contribution in [2.75, 3.05) is 0 Å². The lowest BCUT2D eigenvalue weighted by atomic mass is 10.1. The summed E-state index contributed by atoms with van der Waals surface area (Å²) in [5.41, 5.74) is 8.97. The average Bonchev–Trinajstić information content (AvgIpc) is 2.39. The van der Waals surface area contributed by atoms with Crippen molar-refractivity contribution in [3.05, 3.63) is 57.8 Å². The zero-order chi connectivity index (χ0) is 13.8. The molecule has 4 heteroatoms. The molecule has 0 amide bonds. The molecule has 0 saturated carbocycles. The molecule has 2 aromatic rings. The lowest BCUT2D eigenvalue weighted by Crippen LogP contribution is -2.06. The molecule has 0 aliphatic carbocycles. The van der Waals surface area contributed by atoms with Gasteiger partial charge in [0.15, 0.2) is 0 Å². The highest BCUT2D eigenvalue weighted by Crippen LogP contribution is 2.22. The summed E-state index contributed by atoms with van der Waals surface area (Å²) in [7, 11) is 0. The quantitative estimate of drug-likeness (QED) is 0.933. The van der Waals surface area contributed by atoms with Gasteiger partial charge >= 0.3 is 0 Å². The maximum absolute atomic E-state index is 5.86. The maximum Gasteiger partial charge on any atom is 0.130 e. The summed E-state index contributed by atoms with van der Waals surface area (Å²) in [6, 6.07) is 9.97. The van der Waals surface area contributed by atoms with Crippen LogP contribution in [-0.4, -0.2) is 4.98 Å². The highest BCUT2D eigenvalue weighted by Gasteiger charge is 2.05. The van der Waals surface area contributed by atoms with Crippen LogP contribution in [0.1, 0.15) is 29.8 Å². The minimum Gasteiger partial charge on any atom is -0.487 e. The van der Waals surface area contributed by atoms with Crippen LogP contribution in [0, 0.1) is 6.92 Å². The van der Waals surface area contributed by atoms with Crippen molar-refractivity contribution in [3.63, 3.8) is 0 Å². The highest BCUT2D eigenvalue weighted by molar-refractivity contribution is 9.10. The first-order chi connectivity index (χ1) is 9.06. The molecule has 0 saturated heterocycles. The van der Waals surface area contributed by atoms with Crippen molar-refractivity contribution in [1.82, 2.24) is 4.98 Å². The molecule has 2 N–H and O–H groups in total. The third-order valence-electron chi connectivity index (χ3n) is 2.89. The summed E-state index contributed by atoms with van der Waals surface area (Å²) in [4.78, 5) is 4.28. The monoisotopic (exact) mass is 320 g/mol. The molecule has 0 fully saturated rings. The Kier molecular flexibility index (Phi) is 4.56. The Labute approximate surface area is 121 Å². The van der Waals surface area contributed by atoms with Gasteiger partial charge in [-0.15, -0.1) is 0 Å². The Hall–Kier alpha value is -1.39. The standard InChI is InChI=1S/C15H17BrN2O/c1-10-7-12(11(2)17)3-6-15(10)19-9-14-5-4-13(16)8-18-14/h3-8,11H,9,17H2,1-2H3/t11-/m0/s1. The van der Waals surface area contributed by atoms with Crippen LogP contribution >= 0.6 is 15.9 Å². The van der Waals surface area contributed by atoms with Crippen LogP contribution in [0.2, 0.25) is 0 Å². The molecule has 0 bridgehead atoms. The SMILES string of the molecule is Cc1cc([C@H](C)N)ccc1OCc1ccc(Br)cn1. The maximum atomic E-state index is 5.86. The molecule has 0 aliphatic heterocycles. The van der Waals surface area contributed by atoms with Crippen molar-refractivity contribution < 1.29 is 4.74 Å². The number of ether oxygens (including phenoxy) is 1. The summed E-state index contributed by atoms with van der Waals surface area (Å²) < 4.78 is 6.75. The minimum absolute atomic E-state index is 0.0425. The third-order valence-corrected chi connectivity index (χ3v) is 3.36. The molecule has 0 spiro atoms. The molecular formula is C15H17BrN2O. The van der Waals surface area contributed by atoms with Gasteiger partial charge in [-0.3, -0.25) is 4.98 Å². The lowest BCUT2D eigenvalue weighted by Gasteiger charge is -2.12. The van der Waals surface area contributed by atoms with E-state index in [0.717, 1.165) is 27.0 Å². The van der Waals surface area contributed by atoms with Crippen molar-refractivity contribution in [1.29, 1.82) is 0 Å². The predicted octanol–water partition coefficient (Wildman–Crippen LogP) is 3.75. The smallest absolute Gasteiger partial charge is 0.130 e. The van der Waals surface area contributed by atoms with Gasteiger partial charge in [0, 0.05) is 16.7 Å². The van der Waals surface area contributed by atoms with Gasteiger partial charge in [-0.25, -0.2) is 0 Å². The second kappa shape index (κ2) is 6.17. The fourth-order valence-corrected chi connectivity index (χ4v) is 2.00. The van der Waals surface area contributed by atoms with Gasteiger partial charge in [0.1, 0.15) is 12.4 Å². The van der Waals surface area contributed by atoms with E-state index in [2.05, 4.69) is 27.0 Å². The number of hydrogen-bond donors (Lipinski definition) is 1. The van der Waals surface area contributed by atoms with Crippen LogP contribution in [0.3, 0.4) is 0 Å². The number of nitrogens with zero attached hydrogens (tertiary/aromatic N) is 1. The fraction of sp³-hybridized carbons (Fsp3) is 0.267. The number of hydrogen-bond acceptors (Lipinski definition) is 3. The van der Waals surface area contributed by atoms with Gasteiger partial charge in [0.25, 0.3) is 0 Å². The summed E-state index contributed by atoms with van der Waals surface area (Å²) in [5, 5.41) is 0. The van der Waals surface area contributed by atoms with E-state index < -0.39 is 0 Å². The Morgan fingerprint density at radius 2 is 2.11 bits per heavy atom. The first kappa shape index (κ1) is 14.0. The summed E-state index contributed by atoms with van der Waals surface area (Å²) in [5.74, 6) is 0.870. The first-order valence-corrected chi connectivity index (χ1v) is 6.95. The van der Waals surface area contributed by atoms with E-state index in [1.54, 1.807) is 6.20 Å². The van der Waals surface area contributed by atoms with Gasteiger partial charge in [-0.1, -0.05) is 12.1 Å². The van der Waals surface area contributed by atoms with E-state index in [9.17, 15) is 0 Å². The zero-order valence-corrected chi connectivity index (χ0v) is 12.6. The van der Waals surface area contributed by atoms with Crippen molar-refractivity contribution in [2.45, 2.75) is 26.5 Å². The Balaban J connectivity index is 2.05. The van der Waals surface area contributed by atoms with E-state index >= 15 is 0 Å². The molecule has 1 aromatic heterocycles. The van der Waals surface area contributed by atoms with Gasteiger partial charge in [0.2, 0.25) is 0 Å². The van der Waals surface area contributed by atoms with Gasteiger partial charge in [-0.05, 0) is 59.1 Å². The topological polar surface area (TPSA) is 48.1 Å². The first-order valence-electron chi connectivity index (χ1n) is 6.15.